The minimum absolute atomic E-state index is 0.298. The lowest BCUT2D eigenvalue weighted by Gasteiger charge is -2.39. The molecular formula is C10H17N. The van der Waals surface area contributed by atoms with Crippen molar-refractivity contribution in [2.45, 2.75) is 45.6 Å². The van der Waals surface area contributed by atoms with E-state index in [1.54, 1.807) is 0 Å². The van der Waals surface area contributed by atoms with Crippen LogP contribution in [0.5, 0.6) is 0 Å². The first-order chi connectivity index (χ1) is 4.99. The minimum atomic E-state index is 0.298. The van der Waals surface area contributed by atoms with Crippen molar-refractivity contribution >= 4 is 6.21 Å². The predicted molar refractivity (Wildman–Crippen MR) is 48.0 cm³/mol. The van der Waals surface area contributed by atoms with E-state index in [2.05, 4.69) is 32.0 Å². The molecule has 1 aliphatic carbocycles. The quantitative estimate of drug-likeness (QED) is 0.504. The smallest absolute Gasteiger partial charge is 0.0587 e. The summed E-state index contributed by atoms with van der Waals surface area (Å²) in [5.41, 5.74) is 0.820. The van der Waals surface area contributed by atoms with Crippen molar-refractivity contribution in [1.82, 2.24) is 0 Å². The standard InChI is InChI=1S/C10H17N/c1-9(2)4-8-5-10(3,7-9)11-6-8/h6,8H,4-5,7H2,1-3H3. The van der Waals surface area contributed by atoms with Crippen LogP contribution in [0.1, 0.15) is 40.0 Å². The maximum absolute atomic E-state index is 4.60. The molecule has 0 N–H and O–H groups in total. The fourth-order valence-corrected chi connectivity index (χ4v) is 3.01. The van der Waals surface area contributed by atoms with Gasteiger partial charge in [0.05, 0.1) is 5.54 Å². The number of rotatable bonds is 0. The maximum Gasteiger partial charge on any atom is 0.0587 e. The first-order valence-electron chi connectivity index (χ1n) is 4.55. The third kappa shape index (κ3) is 1.21. The molecule has 62 valence electrons. The van der Waals surface area contributed by atoms with Crippen LogP contribution in [0.2, 0.25) is 0 Å². The Morgan fingerprint density at radius 1 is 1.27 bits per heavy atom. The van der Waals surface area contributed by atoms with Gasteiger partial charge >= 0.3 is 0 Å². The van der Waals surface area contributed by atoms with Gasteiger partial charge in [-0.25, -0.2) is 0 Å². The summed E-state index contributed by atoms with van der Waals surface area (Å²) in [6.07, 6.45) is 6.10. The zero-order chi connectivity index (χ0) is 8.11. The maximum atomic E-state index is 4.60. The molecule has 1 fully saturated rings. The summed E-state index contributed by atoms with van der Waals surface area (Å²) in [6.45, 7) is 7.03. The molecule has 2 unspecified atom stereocenters. The average Bonchev–Trinajstić information content (AvgIpc) is 2.03. The Hall–Kier alpha value is -0.330. The fourth-order valence-electron chi connectivity index (χ4n) is 3.01. The van der Waals surface area contributed by atoms with E-state index >= 15 is 0 Å². The molecule has 2 aliphatic rings. The molecule has 0 aromatic rings. The van der Waals surface area contributed by atoms with Gasteiger partial charge in [0.1, 0.15) is 0 Å². The van der Waals surface area contributed by atoms with E-state index in [1.807, 2.05) is 0 Å². The molecule has 2 rings (SSSR count). The first kappa shape index (κ1) is 7.33. The van der Waals surface area contributed by atoms with Crippen LogP contribution in [0, 0.1) is 11.3 Å². The van der Waals surface area contributed by atoms with Gasteiger partial charge in [-0.05, 0) is 37.5 Å². The van der Waals surface area contributed by atoms with Gasteiger partial charge in [0.15, 0.2) is 0 Å². The average molecular weight is 151 g/mol. The van der Waals surface area contributed by atoms with Crippen molar-refractivity contribution in [1.29, 1.82) is 0 Å². The van der Waals surface area contributed by atoms with Crippen molar-refractivity contribution in [2.75, 3.05) is 0 Å². The summed E-state index contributed by atoms with van der Waals surface area (Å²) in [4.78, 5) is 4.60. The second kappa shape index (κ2) is 1.88. The number of hydrogen-bond acceptors (Lipinski definition) is 1. The molecule has 1 aliphatic heterocycles. The van der Waals surface area contributed by atoms with Crippen LogP contribution in [0.25, 0.3) is 0 Å². The van der Waals surface area contributed by atoms with Crippen molar-refractivity contribution in [3.8, 4) is 0 Å². The van der Waals surface area contributed by atoms with E-state index in [-0.39, 0.29) is 0 Å². The van der Waals surface area contributed by atoms with Gasteiger partial charge in [0.25, 0.3) is 0 Å². The fraction of sp³-hybridized carbons (Fsp3) is 0.900. The molecule has 1 nitrogen and oxygen atoms in total. The van der Waals surface area contributed by atoms with Crippen LogP contribution in [-0.4, -0.2) is 11.8 Å². The zero-order valence-corrected chi connectivity index (χ0v) is 7.72. The highest BCUT2D eigenvalue weighted by Crippen LogP contribution is 2.48. The van der Waals surface area contributed by atoms with Gasteiger partial charge in [-0.3, -0.25) is 4.99 Å². The Labute approximate surface area is 68.9 Å². The van der Waals surface area contributed by atoms with E-state index < -0.39 is 0 Å². The van der Waals surface area contributed by atoms with E-state index in [4.69, 9.17) is 0 Å². The molecule has 11 heavy (non-hydrogen) atoms. The van der Waals surface area contributed by atoms with Crippen LogP contribution in [0.15, 0.2) is 4.99 Å². The summed E-state index contributed by atoms with van der Waals surface area (Å²) in [5, 5.41) is 0. The summed E-state index contributed by atoms with van der Waals surface area (Å²) in [7, 11) is 0. The second-order valence-corrected chi connectivity index (χ2v) is 5.28. The number of nitrogens with zero attached hydrogens (tertiary/aromatic N) is 1. The van der Waals surface area contributed by atoms with Crippen LogP contribution in [-0.2, 0) is 0 Å². The van der Waals surface area contributed by atoms with Crippen molar-refractivity contribution < 1.29 is 0 Å². The molecule has 1 heteroatoms. The normalized spacial score (nSPS) is 46.3. The SMILES string of the molecule is CC1(C)CC2C=NC(C)(C2)C1. The molecule has 2 atom stereocenters. The van der Waals surface area contributed by atoms with Crippen LogP contribution >= 0.6 is 0 Å². The van der Waals surface area contributed by atoms with E-state index in [0.717, 1.165) is 5.92 Å². The molecule has 0 radical (unpaired) electrons. The van der Waals surface area contributed by atoms with Gasteiger partial charge in [0.2, 0.25) is 0 Å². The summed E-state index contributed by atoms with van der Waals surface area (Å²) in [5.74, 6) is 0.781. The predicted octanol–water partition coefficient (Wildman–Crippen LogP) is 2.66. The lowest BCUT2D eigenvalue weighted by atomic mass is 9.67. The summed E-state index contributed by atoms with van der Waals surface area (Å²) >= 11 is 0. The first-order valence-corrected chi connectivity index (χ1v) is 4.55. The monoisotopic (exact) mass is 151 g/mol. The van der Waals surface area contributed by atoms with Crippen molar-refractivity contribution in [2.24, 2.45) is 16.3 Å². The molecule has 2 bridgehead atoms. The third-order valence-corrected chi connectivity index (χ3v) is 2.97. The Bertz CT molecular complexity index is 205. The second-order valence-electron chi connectivity index (χ2n) is 5.28. The van der Waals surface area contributed by atoms with Crippen LogP contribution < -0.4 is 0 Å². The van der Waals surface area contributed by atoms with Crippen molar-refractivity contribution in [3.05, 3.63) is 0 Å². The molecule has 0 spiro atoms. The lowest BCUT2D eigenvalue weighted by Crippen LogP contribution is -2.34. The topological polar surface area (TPSA) is 12.4 Å². The minimum Gasteiger partial charge on any atom is -0.291 e. The number of aliphatic imine (C=N–C) groups is 1. The Morgan fingerprint density at radius 3 is 2.64 bits per heavy atom. The van der Waals surface area contributed by atoms with Gasteiger partial charge in [0, 0.05) is 6.21 Å². The molecule has 1 saturated carbocycles. The molecule has 0 aromatic carbocycles. The van der Waals surface area contributed by atoms with Gasteiger partial charge < -0.3 is 0 Å². The molecule has 1 heterocycles. The Balaban J connectivity index is 2.24. The number of hydrogen-bond donors (Lipinski definition) is 0. The lowest BCUT2D eigenvalue weighted by molar-refractivity contribution is 0.159. The molecule has 0 aromatic heterocycles. The van der Waals surface area contributed by atoms with Gasteiger partial charge in [-0.1, -0.05) is 13.8 Å². The largest absolute Gasteiger partial charge is 0.291 e. The highest BCUT2D eigenvalue weighted by Gasteiger charge is 2.43. The molecular weight excluding hydrogens is 134 g/mol. The number of fused-ring (bicyclic) bond motifs is 2. The Kier molecular flexibility index (Phi) is 1.25. The zero-order valence-electron chi connectivity index (χ0n) is 7.72. The Morgan fingerprint density at radius 2 is 2.00 bits per heavy atom. The summed E-state index contributed by atoms with van der Waals surface area (Å²) in [6, 6.07) is 0. The van der Waals surface area contributed by atoms with E-state index in [1.165, 1.54) is 19.3 Å². The van der Waals surface area contributed by atoms with E-state index in [0.29, 0.717) is 11.0 Å². The highest BCUT2D eigenvalue weighted by atomic mass is 14.9. The summed E-state index contributed by atoms with van der Waals surface area (Å²) < 4.78 is 0. The molecule has 0 amide bonds. The van der Waals surface area contributed by atoms with Gasteiger partial charge in [-0.2, -0.15) is 0 Å². The van der Waals surface area contributed by atoms with Crippen LogP contribution in [0.3, 0.4) is 0 Å². The van der Waals surface area contributed by atoms with Crippen molar-refractivity contribution in [3.63, 3.8) is 0 Å². The van der Waals surface area contributed by atoms with E-state index in [9.17, 15) is 0 Å². The van der Waals surface area contributed by atoms with Gasteiger partial charge in [-0.15, -0.1) is 0 Å². The molecule has 0 saturated heterocycles. The highest BCUT2D eigenvalue weighted by molar-refractivity contribution is 5.65. The van der Waals surface area contributed by atoms with Crippen LogP contribution in [0.4, 0.5) is 0 Å². The third-order valence-electron chi connectivity index (χ3n) is 2.97.